The molecule has 8 nitrogen and oxygen atoms in total. The van der Waals surface area contributed by atoms with Gasteiger partial charge in [0.05, 0.1) is 12.8 Å². The fraction of sp³-hybridized carbons (Fsp3) is 0.700. The lowest BCUT2D eigenvalue weighted by Crippen LogP contribution is -2.57. The van der Waals surface area contributed by atoms with Crippen molar-refractivity contribution < 1.29 is 23.2 Å². The number of pyridine rings is 1. The number of nitrogens with zero attached hydrogens (tertiary/aromatic N) is 2. The van der Waals surface area contributed by atoms with E-state index in [4.69, 9.17) is 9.94 Å². The third-order valence-electron chi connectivity index (χ3n) is 6.31. The van der Waals surface area contributed by atoms with Crippen molar-refractivity contribution in [2.45, 2.75) is 63.0 Å². The van der Waals surface area contributed by atoms with Crippen LogP contribution in [0.5, 0.6) is 5.75 Å². The van der Waals surface area contributed by atoms with E-state index in [0.29, 0.717) is 31.8 Å². The summed E-state index contributed by atoms with van der Waals surface area (Å²) >= 11 is 0. The molecule has 1 aromatic heterocycles. The highest BCUT2D eigenvalue weighted by Crippen LogP contribution is 2.35. The molecule has 2 fully saturated rings. The van der Waals surface area contributed by atoms with E-state index in [-0.39, 0.29) is 18.8 Å². The Morgan fingerprint density at radius 1 is 1.24 bits per heavy atom. The number of rotatable bonds is 9. The molecule has 0 radical (unpaired) electrons. The summed E-state index contributed by atoms with van der Waals surface area (Å²) in [6.45, 7) is 4.71. The first-order valence-corrected chi connectivity index (χ1v) is 11.8. The van der Waals surface area contributed by atoms with Crippen molar-refractivity contribution in [1.82, 2.24) is 14.8 Å². The van der Waals surface area contributed by atoms with Crippen LogP contribution in [0.4, 0.5) is 0 Å². The number of carbonyl (C=O) groups excluding carboxylic acids is 1. The maximum absolute atomic E-state index is 13.2. The minimum absolute atomic E-state index is 0.0992. The van der Waals surface area contributed by atoms with E-state index in [0.717, 1.165) is 18.1 Å². The molecule has 2 aliphatic rings. The fourth-order valence-corrected chi connectivity index (χ4v) is 6.21. The normalized spacial score (nSPS) is 19.1. The van der Waals surface area contributed by atoms with Crippen molar-refractivity contribution >= 4 is 15.9 Å². The summed E-state index contributed by atoms with van der Waals surface area (Å²) < 4.78 is 31.9. The zero-order valence-electron chi connectivity index (χ0n) is 17.1. The molecular weight excluding hydrogens is 394 g/mol. The number of carbonyl (C=O) groups is 1. The predicted octanol–water partition coefficient (Wildman–Crippen LogP) is 2.44. The Hall–Kier alpha value is -1.71. The van der Waals surface area contributed by atoms with Gasteiger partial charge in [-0.2, -0.15) is 0 Å². The number of hydrogen-bond donors (Lipinski definition) is 2. The van der Waals surface area contributed by atoms with E-state index in [9.17, 15) is 13.2 Å². The van der Waals surface area contributed by atoms with Crippen LogP contribution in [0.3, 0.4) is 0 Å². The zero-order valence-corrected chi connectivity index (χ0v) is 18.0. The maximum Gasteiger partial charge on any atom is 0.266 e. The largest absolute Gasteiger partial charge is 0.492 e. The van der Waals surface area contributed by atoms with Gasteiger partial charge in [0.15, 0.2) is 4.75 Å². The Labute approximate surface area is 172 Å². The zero-order chi connectivity index (χ0) is 21.1. The molecule has 0 unspecified atom stereocenters. The van der Waals surface area contributed by atoms with Crippen molar-refractivity contribution in [3.05, 3.63) is 24.0 Å². The summed E-state index contributed by atoms with van der Waals surface area (Å²) in [5, 5.41) is 9.08. The monoisotopic (exact) mass is 425 g/mol. The molecule has 1 aliphatic carbocycles. The summed E-state index contributed by atoms with van der Waals surface area (Å²) in [6.07, 6.45) is 5.70. The SMILES string of the molecule is CCC(CC)(C(=O)NO)S(=O)(=O)N1CCC(c2ccc(OCC3CC3)cn2)CC1. The molecule has 162 valence electrons. The van der Waals surface area contributed by atoms with Gasteiger partial charge in [-0.3, -0.25) is 15.0 Å². The maximum atomic E-state index is 13.2. The second kappa shape index (κ2) is 8.97. The van der Waals surface area contributed by atoms with Gasteiger partial charge in [0.25, 0.3) is 5.91 Å². The van der Waals surface area contributed by atoms with Crippen LogP contribution in [-0.4, -0.2) is 53.3 Å². The molecule has 1 saturated heterocycles. The van der Waals surface area contributed by atoms with Gasteiger partial charge in [0.1, 0.15) is 5.75 Å². The van der Waals surface area contributed by atoms with Gasteiger partial charge in [0, 0.05) is 24.7 Å². The van der Waals surface area contributed by atoms with E-state index >= 15 is 0 Å². The molecule has 1 aliphatic heterocycles. The molecule has 0 bridgehead atoms. The highest BCUT2D eigenvalue weighted by molar-refractivity contribution is 7.91. The van der Waals surface area contributed by atoms with Gasteiger partial charge in [0.2, 0.25) is 10.0 Å². The first kappa shape index (κ1) is 22.0. The Bertz CT molecular complexity index is 796. The van der Waals surface area contributed by atoms with Gasteiger partial charge in [-0.15, -0.1) is 0 Å². The van der Waals surface area contributed by atoms with Crippen LogP contribution in [0, 0.1) is 5.92 Å². The number of amides is 1. The van der Waals surface area contributed by atoms with Crippen molar-refractivity contribution in [2.75, 3.05) is 19.7 Å². The quantitative estimate of drug-likeness (QED) is 0.465. The molecular formula is C20H31N3O5S. The lowest BCUT2D eigenvalue weighted by atomic mass is 9.94. The third kappa shape index (κ3) is 4.41. The van der Waals surface area contributed by atoms with Gasteiger partial charge in [-0.05, 0) is 56.6 Å². The van der Waals surface area contributed by atoms with Gasteiger partial charge >= 0.3 is 0 Å². The predicted molar refractivity (Wildman–Crippen MR) is 108 cm³/mol. The first-order chi connectivity index (χ1) is 13.9. The van der Waals surface area contributed by atoms with Crippen LogP contribution in [0.1, 0.15) is 64.0 Å². The van der Waals surface area contributed by atoms with E-state index in [1.807, 2.05) is 12.1 Å². The first-order valence-electron chi connectivity index (χ1n) is 10.4. The number of hydrogen-bond acceptors (Lipinski definition) is 6. The molecule has 1 saturated carbocycles. The highest BCUT2D eigenvalue weighted by Gasteiger charge is 2.51. The van der Waals surface area contributed by atoms with E-state index in [2.05, 4.69) is 4.98 Å². The van der Waals surface area contributed by atoms with Crippen LogP contribution in [0.25, 0.3) is 0 Å². The molecule has 0 spiro atoms. The average molecular weight is 426 g/mol. The molecule has 1 amide bonds. The molecule has 0 atom stereocenters. The Balaban J connectivity index is 1.63. The summed E-state index contributed by atoms with van der Waals surface area (Å²) in [5.41, 5.74) is 2.48. The summed E-state index contributed by atoms with van der Waals surface area (Å²) in [7, 11) is -3.90. The number of piperidine rings is 1. The Morgan fingerprint density at radius 3 is 2.38 bits per heavy atom. The third-order valence-corrected chi connectivity index (χ3v) is 9.10. The van der Waals surface area contributed by atoms with Crippen LogP contribution in [0.2, 0.25) is 0 Å². The molecule has 2 N–H and O–H groups in total. The van der Waals surface area contributed by atoms with Crippen molar-refractivity contribution in [2.24, 2.45) is 5.92 Å². The highest BCUT2D eigenvalue weighted by atomic mass is 32.2. The molecule has 9 heteroatoms. The molecule has 1 aromatic rings. The molecule has 2 heterocycles. The summed E-state index contributed by atoms with van der Waals surface area (Å²) in [5.74, 6) is 0.759. The Morgan fingerprint density at radius 2 is 1.90 bits per heavy atom. The number of hydroxylamine groups is 1. The van der Waals surface area contributed by atoms with Crippen LogP contribution in [0.15, 0.2) is 18.3 Å². The van der Waals surface area contributed by atoms with Crippen LogP contribution < -0.4 is 10.2 Å². The van der Waals surface area contributed by atoms with Gasteiger partial charge in [-0.25, -0.2) is 18.2 Å². The second-order valence-corrected chi connectivity index (χ2v) is 10.2. The van der Waals surface area contributed by atoms with Crippen molar-refractivity contribution in [1.29, 1.82) is 0 Å². The summed E-state index contributed by atoms with van der Waals surface area (Å²) in [6, 6.07) is 3.89. The topological polar surface area (TPSA) is 109 Å². The lowest BCUT2D eigenvalue weighted by molar-refractivity contribution is -0.132. The number of ether oxygens (including phenoxy) is 1. The lowest BCUT2D eigenvalue weighted by Gasteiger charge is -2.38. The van der Waals surface area contributed by atoms with Gasteiger partial charge in [-0.1, -0.05) is 13.8 Å². The molecule has 0 aromatic carbocycles. The van der Waals surface area contributed by atoms with E-state index in [1.165, 1.54) is 17.1 Å². The fourth-order valence-electron chi connectivity index (χ4n) is 4.01. The van der Waals surface area contributed by atoms with Crippen LogP contribution in [-0.2, 0) is 14.8 Å². The van der Waals surface area contributed by atoms with Crippen molar-refractivity contribution in [3.8, 4) is 5.75 Å². The van der Waals surface area contributed by atoms with E-state index < -0.39 is 20.7 Å². The number of aromatic nitrogens is 1. The van der Waals surface area contributed by atoms with Gasteiger partial charge < -0.3 is 4.74 Å². The standard InChI is InChI=1S/C20H31N3O5S/c1-3-20(4-2,19(24)22-25)29(26,27)23-11-9-16(10-12-23)18-8-7-17(13-21-18)28-14-15-5-6-15/h7-8,13,15-16,25H,3-6,9-12,14H2,1-2H3,(H,22,24). The van der Waals surface area contributed by atoms with Crippen molar-refractivity contribution in [3.63, 3.8) is 0 Å². The Kier molecular flexibility index (Phi) is 6.80. The van der Waals surface area contributed by atoms with Crippen LogP contribution >= 0.6 is 0 Å². The minimum atomic E-state index is -3.90. The average Bonchev–Trinajstić information content (AvgIpc) is 3.58. The van der Waals surface area contributed by atoms with E-state index in [1.54, 1.807) is 25.5 Å². The summed E-state index contributed by atoms with van der Waals surface area (Å²) in [4.78, 5) is 16.7. The minimum Gasteiger partial charge on any atom is -0.492 e. The second-order valence-electron chi connectivity index (χ2n) is 7.99. The number of sulfonamides is 1. The molecule has 3 rings (SSSR count). The smallest absolute Gasteiger partial charge is 0.266 e. The number of nitrogens with one attached hydrogen (secondary N) is 1. The molecule has 29 heavy (non-hydrogen) atoms.